The first-order valence-corrected chi connectivity index (χ1v) is 11.2. The third-order valence-electron chi connectivity index (χ3n) is 4.80. The van der Waals surface area contributed by atoms with Crippen LogP contribution in [0.4, 0.5) is 8.78 Å². The highest BCUT2D eigenvalue weighted by Gasteiger charge is 2.07. The molecule has 0 aliphatic heterocycles. The number of hydrogen-bond donors (Lipinski definition) is 0. The molecule has 0 N–H and O–H groups in total. The minimum Gasteiger partial charge on any atom is -0.207 e. The number of hydrogen-bond acceptors (Lipinski definition) is 0. The highest BCUT2D eigenvalue weighted by atomic mass is 127. The van der Waals surface area contributed by atoms with Crippen molar-refractivity contribution in [2.24, 2.45) is 0 Å². The van der Waals surface area contributed by atoms with Gasteiger partial charge in [-0.25, -0.2) is 8.78 Å². The second-order valence-electron chi connectivity index (χ2n) is 6.82. The zero-order chi connectivity index (χ0) is 20.4. The monoisotopic (exact) mass is 608 g/mol. The van der Waals surface area contributed by atoms with E-state index < -0.39 is 0 Å². The number of halogens is 4. The van der Waals surface area contributed by atoms with Crippen molar-refractivity contribution in [3.8, 4) is 22.3 Å². The first kappa shape index (κ1) is 20.5. The summed E-state index contributed by atoms with van der Waals surface area (Å²) in [5.41, 5.74) is 6.68. The van der Waals surface area contributed by atoms with Crippen LogP contribution in [-0.2, 0) is 6.42 Å². The molecule has 0 saturated carbocycles. The Kier molecular flexibility index (Phi) is 6.29. The molecule has 0 bridgehead atoms. The van der Waals surface area contributed by atoms with Crippen LogP contribution in [0, 0.1) is 18.8 Å². The Morgan fingerprint density at radius 3 is 1.24 bits per heavy atom. The summed E-state index contributed by atoms with van der Waals surface area (Å²) in [5, 5.41) is 0. The second kappa shape index (κ2) is 8.92. The molecule has 144 valence electrons. The largest absolute Gasteiger partial charge is 0.207 e. The van der Waals surface area contributed by atoms with E-state index in [1.54, 1.807) is 12.1 Å². The van der Waals surface area contributed by atoms with Crippen LogP contribution >= 0.6 is 45.2 Å². The van der Waals surface area contributed by atoms with Gasteiger partial charge in [-0.2, -0.15) is 0 Å². The molecule has 0 heterocycles. The summed E-state index contributed by atoms with van der Waals surface area (Å²) in [6.45, 7) is 0. The summed E-state index contributed by atoms with van der Waals surface area (Å²) in [7, 11) is 0. The topological polar surface area (TPSA) is 0 Å². The number of rotatable bonds is 4. The summed E-state index contributed by atoms with van der Waals surface area (Å²) in [6, 6.07) is 26.5. The zero-order valence-electron chi connectivity index (χ0n) is 15.3. The van der Waals surface area contributed by atoms with E-state index in [-0.39, 0.29) is 11.6 Å². The first-order valence-electron chi connectivity index (χ1n) is 9.08. The Hall–Kier alpha value is -1.80. The lowest BCUT2D eigenvalue weighted by molar-refractivity contribution is 0.626. The molecule has 29 heavy (non-hydrogen) atoms. The summed E-state index contributed by atoms with van der Waals surface area (Å²) in [6.07, 6.45) is 0.835. The molecule has 0 spiro atoms. The van der Waals surface area contributed by atoms with E-state index in [0.29, 0.717) is 0 Å². The minimum atomic E-state index is -0.214. The normalized spacial score (nSPS) is 10.9. The van der Waals surface area contributed by atoms with Gasteiger partial charge in [0.05, 0.1) is 0 Å². The fraction of sp³-hybridized carbons (Fsp3) is 0.0400. The zero-order valence-corrected chi connectivity index (χ0v) is 19.6. The third-order valence-corrected chi connectivity index (χ3v) is 6.59. The Balaban J connectivity index is 1.51. The summed E-state index contributed by atoms with van der Waals surface area (Å²) in [4.78, 5) is 0. The lowest BCUT2D eigenvalue weighted by Crippen LogP contribution is -1.90. The average molecular weight is 608 g/mol. The van der Waals surface area contributed by atoms with E-state index in [1.165, 1.54) is 23.3 Å². The van der Waals surface area contributed by atoms with Gasteiger partial charge in [-0.15, -0.1) is 0 Å². The van der Waals surface area contributed by atoms with Crippen LogP contribution in [0.2, 0.25) is 0 Å². The van der Waals surface area contributed by atoms with Crippen molar-refractivity contribution in [2.45, 2.75) is 6.42 Å². The second-order valence-corrected chi connectivity index (χ2v) is 9.14. The van der Waals surface area contributed by atoms with Crippen LogP contribution in [0.25, 0.3) is 22.3 Å². The van der Waals surface area contributed by atoms with Crippen LogP contribution in [0.15, 0.2) is 84.9 Å². The van der Waals surface area contributed by atoms with Crippen LogP contribution in [-0.4, -0.2) is 0 Å². The molecule has 0 fully saturated rings. The molecule has 4 aromatic rings. The Bertz CT molecular complexity index is 1060. The fourth-order valence-corrected chi connectivity index (χ4v) is 4.86. The lowest BCUT2D eigenvalue weighted by Gasteiger charge is -2.09. The summed E-state index contributed by atoms with van der Waals surface area (Å²) in [5.74, 6) is -0.429. The SMILES string of the molecule is Fc1ccc(-c2ccc(Cc3ccc(-c4ccc(F)cc4I)cc3)cc2)c(I)c1. The molecular formula is C25H16F2I2. The molecule has 0 amide bonds. The standard InChI is InChI=1S/C25H16F2I2/c26-20-9-11-22(24(28)14-20)18-5-1-16(2-6-18)13-17-3-7-19(8-4-17)23-12-10-21(27)15-25(23)29/h1-12,14-15H,13H2. The maximum absolute atomic E-state index is 13.3. The molecule has 0 atom stereocenters. The van der Waals surface area contributed by atoms with E-state index in [2.05, 4.69) is 93.7 Å². The van der Waals surface area contributed by atoms with Crippen molar-refractivity contribution in [1.82, 2.24) is 0 Å². The van der Waals surface area contributed by atoms with Crippen molar-refractivity contribution < 1.29 is 8.78 Å². The first-order chi connectivity index (χ1) is 14.0. The summed E-state index contributed by atoms with van der Waals surface area (Å²) < 4.78 is 28.5. The molecule has 0 aliphatic carbocycles. The van der Waals surface area contributed by atoms with E-state index in [0.717, 1.165) is 35.8 Å². The molecule has 0 unspecified atom stereocenters. The van der Waals surface area contributed by atoms with Gasteiger partial charge in [0.2, 0.25) is 0 Å². The Morgan fingerprint density at radius 2 is 0.897 bits per heavy atom. The van der Waals surface area contributed by atoms with Gasteiger partial charge < -0.3 is 0 Å². The lowest BCUT2D eigenvalue weighted by atomic mass is 9.98. The molecule has 0 nitrogen and oxygen atoms in total. The van der Waals surface area contributed by atoms with Crippen LogP contribution in [0.5, 0.6) is 0 Å². The smallest absolute Gasteiger partial charge is 0.124 e. The average Bonchev–Trinajstić information content (AvgIpc) is 2.70. The van der Waals surface area contributed by atoms with Crippen LogP contribution in [0.3, 0.4) is 0 Å². The third kappa shape index (κ3) is 4.86. The molecule has 0 aliphatic rings. The van der Waals surface area contributed by atoms with E-state index in [4.69, 9.17) is 0 Å². The van der Waals surface area contributed by atoms with Crippen LogP contribution in [0.1, 0.15) is 11.1 Å². The quantitative estimate of drug-likeness (QED) is 0.206. The number of benzene rings is 4. The van der Waals surface area contributed by atoms with Gasteiger partial charge in [0, 0.05) is 7.14 Å². The predicted molar refractivity (Wildman–Crippen MR) is 132 cm³/mol. The maximum atomic E-state index is 13.3. The molecule has 4 aromatic carbocycles. The van der Waals surface area contributed by atoms with Gasteiger partial charge in [-0.1, -0.05) is 60.7 Å². The maximum Gasteiger partial charge on any atom is 0.124 e. The van der Waals surface area contributed by atoms with Crippen molar-refractivity contribution in [3.63, 3.8) is 0 Å². The van der Waals surface area contributed by atoms with Gasteiger partial charge in [0.15, 0.2) is 0 Å². The molecule has 4 rings (SSSR count). The Labute approximate surface area is 196 Å². The molecule has 0 saturated heterocycles. The molecule has 4 heteroatoms. The minimum absolute atomic E-state index is 0.214. The van der Waals surface area contributed by atoms with E-state index in [9.17, 15) is 8.78 Å². The molecule has 0 aromatic heterocycles. The van der Waals surface area contributed by atoms with Gasteiger partial charge in [-0.05, 0) is 109 Å². The fourth-order valence-electron chi connectivity index (χ4n) is 3.29. The highest BCUT2D eigenvalue weighted by Crippen LogP contribution is 2.28. The van der Waals surface area contributed by atoms with Gasteiger partial charge in [-0.3, -0.25) is 0 Å². The highest BCUT2D eigenvalue weighted by molar-refractivity contribution is 14.1. The van der Waals surface area contributed by atoms with Gasteiger partial charge in [0.1, 0.15) is 11.6 Å². The van der Waals surface area contributed by atoms with Crippen molar-refractivity contribution >= 4 is 45.2 Å². The van der Waals surface area contributed by atoms with Crippen molar-refractivity contribution in [2.75, 3.05) is 0 Å². The summed E-state index contributed by atoms with van der Waals surface area (Å²) >= 11 is 4.33. The predicted octanol–water partition coefficient (Wildman–Crippen LogP) is 8.10. The van der Waals surface area contributed by atoms with Crippen LogP contribution < -0.4 is 0 Å². The van der Waals surface area contributed by atoms with E-state index in [1.807, 2.05) is 12.1 Å². The van der Waals surface area contributed by atoms with Gasteiger partial charge >= 0.3 is 0 Å². The molecular weight excluding hydrogens is 592 g/mol. The van der Waals surface area contributed by atoms with Gasteiger partial charge in [0.25, 0.3) is 0 Å². The Morgan fingerprint density at radius 1 is 0.517 bits per heavy atom. The van der Waals surface area contributed by atoms with E-state index >= 15 is 0 Å². The van der Waals surface area contributed by atoms with Crippen molar-refractivity contribution in [1.29, 1.82) is 0 Å². The van der Waals surface area contributed by atoms with Crippen molar-refractivity contribution in [3.05, 3.63) is 115 Å². The molecule has 0 radical (unpaired) electrons.